The van der Waals surface area contributed by atoms with Crippen molar-refractivity contribution >= 4 is 11.6 Å². The lowest BCUT2D eigenvalue weighted by Gasteiger charge is -2.05. The fourth-order valence-electron chi connectivity index (χ4n) is 1.49. The molecule has 0 saturated heterocycles. The van der Waals surface area contributed by atoms with Crippen LogP contribution in [0.5, 0.6) is 0 Å². The van der Waals surface area contributed by atoms with Gasteiger partial charge in [0.25, 0.3) is 0 Å². The normalized spacial score (nSPS) is 10.3. The van der Waals surface area contributed by atoms with Gasteiger partial charge in [0, 0.05) is 17.5 Å². The van der Waals surface area contributed by atoms with Crippen molar-refractivity contribution < 1.29 is 0 Å². The quantitative estimate of drug-likeness (QED) is 0.686. The summed E-state index contributed by atoms with van der Waals surface area (Å²) in [6.07, 6.45) is 1.78. The van der Waals surface area contributed by atoms with Crippen molar-refractivity contribution in [2.24, 2.45) is 0 Å². The van der Waals surface area contributed by atoms with Crippen LogP contribution in [0.2, 0.25) is 5.15 Å². The van der Waals surface area contributed by atoms with Crippen LogP contribution in [-0.4, -0.2) is 9.97 Å². The van der Waals surface area contributed by atoms with Crippen LogP contribution in [-0.2, 0) is 0 Å². The molecule has 0 aliphatic heterocycles. The molecule has 76 valence electrons. The molecule has 0 unspecified atom stereocenters. The van der Waals surface area contributed by atoms with Crippen LogP contribution in [0.1, 0.15) is 11.3 Å². The molecule has 2 nitrogen and oxygen atoms in total. The maximum absolute atomic E-state index is 5.88. The summed E-state index contributed by atoms with van der Waals surface area (Å²) in [5, 5.41) is 0.519. The summed E-state index contributed by atoms with van der Waals surface area (Å²) in [7, 11) is 0. The molecule has 0 fully saturated rings. The van der Waals surface area contributed by atoms with E-state index in [0.717, 1.165) is 22.5 Å². The first-order valence-electron chi connectivity index (χ1n) is 4.73. The van der Waals surface area contributed by atoms with E-state index in [2.05, 4.69) is 9.97 Å². The van der Waals surface area contributed by atoms with Crippen LogP contribution >= 0.6 is 11.6 Å². The molecule has 0 aromatic carbocycles. The van der Waals surface area contributed by atoms with Crippen molar-refractivity contribution in [1.82, 2.24) is 9.97 Å². The smallest absolute Gasteiger partial charge is 0.129 e. The second kappa shape index (κ2) is 3.99. The fraction of sp³-hybridized carbons (Fsp3) is 0.167. The summed E-state index contributed by atoms with van der Waals surface area (Å²) < 4.78 is 0. The molecule has 0 aliphatic carbocycles. The SMILES string of the molecule is Cc1cc(-c2nc(Cl)ccc2C)ccn1. The third kappa shape index (κ3) is 2.16. The number of aryl methyl sites for hydroxylation is 2. The number of halogens is 1. The maximum Gasteiger partial charge on any atom is 0.129 e. The number of hydrogen-bond donors (Lipinski definition) is 0. The standard InChI is InChI=1S/C12H11ClN2/c1-8-3-4-11(13)15-12(8)10-5-6-14-9(2)7-10/h3-7H,1-2H3. The summed E-state index contributed by atoms with van der Waals surface area (Å²) in [4.78, 5) is 8.48. The Morgan fingerprint density at radius 3 is 2.67 bits per heavy atom. The predicted molar refractivity (Wildman–Crippen MR) is 62.0 cm³/mol. The number of nitrogens with zero attached hydrogens (tertiary/aromatic N) is 2. The van der Waals surface area contributed by atoms with Crippen LogP contribution in [0.25, 0.3) is 11.3 Å². The number of pyridine rings is 2. The first-order valence-corrected chi connectivity index (χ1v) is 5.11. The van der Waals surface area contributed by atoms with Crippen LogP contribution in [0.3, 0.4) is 0 Å². The molecule has 3 heteroatoms. The third-order valence-electron chi connectivity index (χ3n) is 2.23. The zero-order chi connectivity index (χ0) is 10.8. The van der Waals surface area contributed by atoms with Gasteiger partial charge in [-0.25, -0.2) is 4.98 Å². The minimum absolute atomic E-state index is 0.519. The van der Waals surface area contributed by atoms with Crippen LogP contribution in [0, 0.1) is 13.8 Å². The van der Waals surface area contributed by atoms with Crippen molar-refractivity contribution in [2.45, 2.75) is 13.8 Å². The summed E-state index contributed by atoms with van der Waals surface area (Å²) in [5.74, 6) is 0. The van der Waals surface area contributed by atoms with Gasteiger partial charge in [0.05, 0.1) is 5.69 Å². The van der Waals surface area contributed by atoms with Gasteiger partial charge in [-0.15, -0.1) is 0 Å². The van der Waals surface area contributed by atoms with Gasteiger partial charge in [0.15, 0.2) is 0 Å². The summed E-state index contributed by atoms with van der Waals surface area (Å²) in [6.45, 7) is 3.98. The highest BCUT2D eigenvalue weighted by Crippen LogP contribution is 2.22. The Morgan fingerprint density at radius 1 is 1.13 bits per heavy atom. The summed E-state index contributed by atoms with van der Waals surface area (Å²) in [5.41, 5.74) is 4.08. The van der Waals surface area contributed by atoms with Gasteiger partial charge >= 0.3 is 0 Å². The molecule has 0 atom stereocenters. The minimum Gasteiger partial charge on any atom is -0.262 e. The van der Waals surface area contributed by atoms with E-state index in [9.17, 15) is 0 Å². The van der Waals surface area contributed by atoms with Gasteiger partial charge in [0.1, 0.15) is 5.15 Å². The first kappa shape index (κ1) is 10.1. The molecule has 0 bridgehead atoms. The van der Waals surface area contributed by atoms with Crippen molar-refractivity contribution in [3.63, 3.8) is 0 Å². The zero-order valence-electron chi connectivity index (χ0n) is 8.66. The summed E-state index contributed by atoms with van der Waals surface area (Å²) in [6, 6.07) is 7.72. The first-order chi connectivity index (χ1) is 7.16. The molecule has 2 aromatic rings. The molecule has 15 heavy (non-hydrogen) atoms. The molecule has 0 saturated carbocycles. The highest BCUT2D eigenvalue weighted by Gasteiger charge is 2.04. The Morgan fingerprint density at radius 2 is 1.93 bits per heavy atom. The van der Waals surface area contributed by atoms with Crippen molar-refractivity contribution in [2.75, 3.05) is 0 Å². The van der Waals surface area contributed by atoms with E-state index >= 15 is 0 Å². The van der Waals surface area contributed by atoms with E-state index in [0.29, 0.717) is 5.15 Å². The van der Waals surface area contributed by atoms with E-state index in [1.807, 2.05) is 32.0 Å². The molecule has 2 aromatic heterocycles. The predicted octanol–water partition coefficient (Wildman–Crippen LogP) is 3.41. The molecule has 0 aliphatic rings. The molecule has 0 amide bonds. The summed E-state index contributed by atoms with van der Waals surface area (Å²) >= 11 is 5.88. The fourth-order valence-corrected chi connectivity index (χ4v) is 1.64. The highest BCUT2D eigenvalue weighted by molar-refractivity contribution is 6.29. The maximum atomic E-state index is 5.88. The molecular weight excluding hydrogens is 208 g/mol. The average Bonchev–Trinajstić information content (AvgIpc) is 2.22. The second-order valence-corrected chi connectivity index (χ2v) is 3.87. The van der Waals surface area contributed by atoms with Crippen LogP contribution in [0.15, 0.2) is 30.5 Å². The van der Waals surface area contributed by atoms with Gasteiger partial charge in [-0.05, 0) is 37.6 Å². The Labute approximate surface area is 94.0 Å². The van der Waals surface area contributed by atoms with Crippen molar-refractivity contribution in [3.8, 4) is 11.3 Å². The number of aromatic nitrogens is 2. The Hall–Kier alpha value is -1.41. The van der Waals surface area contributed by atoms with Crippen LogP contribution in [0.4, 0.5) is 0 Å². The Bertz CT molecular complexity index is 495. The lowest BCUT2D eigenvalue weighted by atomic mass is 10.1. The van der Waals surface area contributed by atoms with Gasteiger partial charge in [-0.1, -0.05) is 17.7 Å². The van der Waals surface area contributed by atoms with Gasteiger partial charge in [-0.3, -0.25) is 4.98 Å². The van der Waals surface area contributed by atoms with E-state index in [4.69, 9.17) is 11.6 Å². The van der Waals surface area contributed by atoms with Gasteiger partial charge < -0.3 is 0 Å². The number of rotatable bonds is 1. The highest BCUT2D eigenvalue weighted by atomic mass is 35.5. The topological polar surface area (TPSA) is 25.8 Å². The van der Waals surface area contributed by atoms with E-state index < -0.39 is 0 Å². The lowest BCUT2D eigenvalue weighted by molar-refractivity contribution is 1.19. The second-order valence-electron chi connectivity index (χ2n) is 3.49. The average molecular weight is 219 g/mol. The Balaban J connectivity index is 2.58. The van der Waals surface area contributed by atoms with Crippen molar-refractivity contribution in [1.29, 1.82) is 0 Å². The zero-order valence-corrected chi connectivity index (χ0v) is 9.42. The van der Waals surface area contributed by atoms with Crippen LogP contribution < -0.4 is 0 Å². The van der Waals surface area contributed by atoms with Gasteiger partial charge in [0.2, 0.25) is 0 Å². The lowest BCUT2D eigenvalue weighted by Crippen LogP contribution is -1.90. The van der Waals surface area contributed by atoms with E-state index in [1.165, 1.54) is 0 Å². The van der Waals surface area contributed by atoms with Crippen molar-refractivity contribution in [3.05, 3.63) is 46.9 Å². The molecular formula is C12H11ClN2. The largest absolute Gasteiger partial charge is 0.262 e. The monoisotopic (exact) mass is 218 g/mol. The molecule has 0 N–H and O–H groups in total. The minimum atomic E-state index is 0.519. The third-order valence-corrected chi connectivity index (χ3v) is 2.44. The van der Waals surface area contributed by atoms with E-state index in [1.54, 1.807) is 12.3 Å². The van der Waals surface area contributed by atoms with E-state index in [-0.39, 0.29) is 0 Å². The molecule has 0 spiro atoms. The molecule has 2 heterocycles. The molecule has 2 rings (SSSR count). The Kier molecular flexibility index (Phi) is 2.69. The van der Waals surface area contributed by atoms with Gasteiger partial charge in [-0.2, -0.15) is 0 Å². The molecule has 0 radical (unpaired) electrons. The number of hydrogen-bond acceptors (Lipinski definition) is 2.